The number of methoxy groups -OCH3 is 1. The molecule has 0 unspecified atom stereocenters. The van der Waals surface area contributed by atoms with Crippen molar-refractivity contribution < 1.29 is 28.2 Å². The normalized spacial score (nSPS) is 15.5. The summed E-state index contributed by atoms with van der Waals surface area (Å²) in [6, 6.07) is 9.83. The molecule has 0 radical (unpaired) electrons. The van der Waals surface area contributed by atoms with E-state index in [-0.39, 0.29) is 34.6 Å². The van der Waals surface area contributed by atoms with E-state index in [4.69, 9.17) is 9.47 Å². The fraction of sp³-hybridized carbons (Fsp3) is 0.371. The van der Waals surface area contributed by atoms with Gasteiger partial charge in [-0.25, -0.2) is 9.37 Å². The lowest BCUT2D eigenvalue weighted by atomic mass is 10.0. The highest BCUT2D eigenvalue weighted by atomic mass is 19.1. The van der Waals surface area contributed by atoms with Gasteiger partial charge in [-0.3, -0.25) is 19.3 Å². The van der Waals surface area contributed by atoms with Gasteiger partial charge in [0, 0.05) is 44.3 Å². The minimum atomic E-state index is -0.664. The van der Waals surface area contributed by atoms with E-state index in [9.17, 15) is 18.8 Å². The van der Waals surface area contributed by atoms with Crippen LogP contribution in [0.5, 0.6) is 11.5 Å². The van der Waals surface area contributed by atoms with E-state index < -0.39 is 17.9 Å². The van der Waals surface area contributed by atoms with Crippen LogP contribution in [0.25, 0.3) is 0 Å². The minimum absolute atomic E-state index is 0.0654. The maximum atomic E-state index is 14.8. The van der Waals surface area contributed by atoms with Crippen LogP contribution in [0.1, 0.15) is 62.9 Å². The van der Waals surface area contributed by atoms with Gasteiger partial charge in [-0.1, -0.05) is 18.7 Å². The van der Waals surface area contributed by atoms with Crippen LogP contribution < -0.4 is 20.1 Å². The van der Waals surface area contributed by atoms with Gasteiger partial charge in [-0.2, -0.15) is 0 Å². The molecule has 11 heteroatoms. The van der Waals surface area contributed by atoms with Crippen LogP contribution >= 0.6 is 0 Å². The third kappa shape index (κ3) is 7.89. The smallest absolute Gasteiger partial charge is 0.257 e. The Hall–Kier alpha value is -4.77. The first-order chi connectivity index (χ1) is 21.9. The Balaban J connectivity index is 1.68. The molecule has 1 aliphatic rings. The number of hydrogen-bond acceptors (Lipinski definition) is 7. The van der Waals surface area contributed by atoms with Gasteiger partial charge < -0.3 is 25.0 Å². The van der Waals surface area contributed by atoms with Crippen molar-refractivity contribution in [1.29, 1.82) is 0 Å². The van der Waals surface area contributed by atoms with E-state index in [0.29, 0.717) is 66.5 Å². The summed E-state index contributed by atoms with van der Waals surface area (Å²) >= 11 is 0. The molecule has 46 heavy (non-hydrogen) atoms. The number of anilines is 1. The zero-order valence-electron chi connectivity index (χ0n) is 27.3. The van der Waals surface area contributed by atoms with Crippen molar-refractivity contribution in [2.24, 2.45) is 0 Å². The van der Waals surface area contributed by atoms with E-state index in [0.717, 1.165) is 0 Å². The molecule has 2 heterocycles. The summed E-state index contributed by atoms with van der Waals surface area (Å²) in [5.74, 6) is -0.136. The van der Waals surface area contributed by atoms with Gasteiger partial charge in [0.05, 0.1) is 18.9 Å². The predicted octanol–water partition coefficient (Wildman–Crippen LogP) is 5.00. The molecule has 2 aromatic carbocycles. The first-order valence-electron chi connectivity index (χ1n) is 15.3. The van der Waals surface area contributed by atoms with Crippen LogP contribution in [0.2, 0.25) is 0 Å². The summed E-state index contributed by atoms with van der Waals surface area (Å²) in [6.07, 6.45) is 2.16. The van der Waals surface area contributed by atoms with Crippen LogP contribution in [-0.4, -0.2) is 78.4 Å². The molecule has 0 aliphatic carbocycles. The number of nitrogens with one attached hydrogen (secondary N) is 2. The summed E-state index contributed by atoms with van der Waals surface area (Å²) < 4.78 is 26.6. The first kappa shape index (κ1) is 34.1. The molecule has 0 spiro atoms. The number of aromatic nitrogens is 1. The number of halogens is 1. The molecule has 0 saturated carbocycles. The highest BCUT2D eigenvalue weighted by Gasteiger charge is 2.30. The second kappa shape index (κ2) is 15.0. The highest BCUT2D eigenvalue weighted by molar-refractivity contribution is 6.07. The van der Waals surface area contributed by atoms with Gasteiger partial charge in [0.1, 0.15) is 29.2 Å². The monoisotopic (exact) mass is 631 g/mol. The molecule has 0 bridgehead atoms. The highest BCUT2D eigenvalue weighted by Crippen LogP contribution is 2.31. The quantitative estimate of drug-likeness (QED) is 0.287. The van der Waals surface area contributed by atoms with Crippen molar-refractivity contribution in [3.63, 3.8) is 0 Å². The lowest BCUT2D eigenvalue weighted by molar-refractivity contribution is -0.130. The van der Waals surface area contributed by atoms with Gasteiger partial charge in [-0.15, -0.1) is 0 Å². The van der Waals surface area contributed by atoms with E-state index in [1.54, 1.807) is 50.8 Å². The fourth-order valence-corrected chi connectivity index (χ4v) is 5.47. The van der Waals surface area contributed by atoms with E-state index in [1.165, 1.54) is 31.5 Å². The number of amides is 3. The molecule has 1 aromatic heterocycles. The number of aryl methyl sites for hydroxylation is 3. The number of carbonyl (C=O) groups is 3. The standard InChI is InChI=1S/C35H42FN5O5/c1-8-32(42)41-13-12-40(19-24(41)6)20-31(25-11-10-21(3)29(36)16-25)46-30-15-22(4)27(17-28(30)34(43)37-9-2)35(44)39-33-23(5)14-26(45-7)18-38-33/h8,10-11,14-18,24,31H,1,9,12-13,19-20H2,2-7H3,(H,37,43)(H,38,39,44)/t24-,31-/m1/s1. The molecule has 1 aliphatic heterocycles. The van der Waals surface area contributed by atoms with Crippen molar-refractivity contribution in [2.75, 3.05) is 45.2 Å². The predicted molar refractivity (Wildman–Crippen MR) is 175 cm³/mol. The Labute approximate surface area is 269 Å². The molecule has 244 valence electrons. The van der Waals surface area contributed by atoms with E-state index in [1.807, 2.05) is 13.0 Å². The Morgan fingerprint density at radius 3 is 2.46 bits per heavy atom. The number of pyridine rings is 1. The van der Waals surface area contributed by atoms with Crippen LogP contribution in [0.15, 0.2) is 55.3 Å². The Morgan fingerprint density at radius 1 is 1.07 bits per heavy atom. The number of ether oxygens (including phenoxy) is 2. The molecule has 3 aromatic rings. The summed E-state index contributed by atoms with van der Waals surface area (Å²) in [4.78, 5) is 47.3. The molecule has 1 saturated heterocycles. The minimum Gasteiger partial charge on any atom is -0.495 e. The topological polar surface area (TPSA) is 113 Å². The molecule has 2 N–H and O–H groups in total. The number of hydrogen-bond donors (Lipinski definition) is 2. The lowest BCUT2D eigenvalue weighted by Gasteiger charge is -2.40. The van der Waals surface area contributed by atoms with Gasteiger partial charge in [0.15, 0.2) is 0 Å². The van der Waals surface area contributed by atoms with E-state index >= 15 is 0 Å². The van der Waals surface area contributed by atoms with Gasteiger partial charge in [0.2, 0.25) is 5.91 Å². The largest absolute Gasteiger partial charge is 0.495 e. The maximum absolute atomic E-state index is 14.8. The number of nitrogens with zero attached hydrogens (tertiary/aromatic N) is 3. The van der Waals surface area contributed by atoms with Crippen molar-refractivity contribution >= 4 is 23.5 Å². The molecular weight excluding hydrogens is 589 g/mol. The van der Waals surface area contributed by atoms with Crippen LogP contribution in [0.3, 0.4) is 0 Å². The maximum Gasteiger partial charge on any atom is 0.257 e. The van der Waals surface area contributed by atoms with Crippen LogP contribution in [0.4, 0.5) is 10.2 Å². The van der Waals surface area contributed by atoms with Crippen molar-refractivity contribution in [1.82, 2.24) is 20.1 Å². The number of benzene rings is 2. The van der Waals surface area contributed by atoms with Gasteiger partial charge in [-0.05, 0) is 87.2 Å². The number of carbonyl (C=O) groups excluding carboxylic acids is 3. The molecule has 4 rings (SSSR count). The zero-order chi connectivity index (χ0) is 33.5. The van der Waals surface area contributed by atoms with Gasteiger partial charge in [0.25, 0.3) is 11.8 Å². The van der Waals surface area contributed by atoms with Crippen LogP contribution in [0, 0.1) is 26.6 Å². The molecular formula is C35H42FN5O5. The molecule has 10 nitrogen and oxygen atoms in total. The van der Waals surface area contributed by atoms with Crippen molar-refractivity contribution in [3.8, 4) is 11.5 Å². The number of piperazine rings is 1. The van der Waals surface area contributed by atoms with Crippen molar-refractivity contribution in [2.45, 2.75) is 46.8 Å². The average molecular weight is 632 g/mol. The second-order valence-corrected chi connectivity index (χ2v) is 11.5. The van der Waals surface area contributed by atoms with Gasteiger partial charge >= 0.3 is 0 Å². The summed E-state index contributed by atoms with van der Waals surface area (Å²) in [5.41, 5.74) is 2.84. The fourth-order valence-electron chi connectivity index (χ4n) is 5.47. The average Bonchev–Trinajstić information content (AvgIpc) is 3.02. The Bertz CT molecular complexity index is 1630. The second-order valence-electron chi connectivity index (χ2n) is 11.5. The van der Waals surface area contributed by atoms with Crippen molar-refractivity contribution in [3.05, 3.63) is 94.4 Å². The summed E-state index contributed by atoms with van der Waals surface area (Å²) in [6.45, 7) is 15.0. The number of rotatable bonds is 11. The summed E-state index contributed by atoms with van der Waals surface area (Å²) in [7, 11) is 1.54. The third-order valence-electron chi connectivity index (χ3n) is 8.10. The third-order valence-corrected chi connectivity index (χ3v) is 8.10. The first-order valence-corrected chi connectivity index (χ1v) is 15.3. The Morgan fingerprint density at radius 2 is 1.83 bits per heavy atom. The zero-order valence-corrected chi connectivity index (χ0v) is 27.3. The van der Waals surface area contributed by atoms with Crippen LogP contribution in [-0.2, 0) is 4.79 Å². The SMILES string of the molecule is C=CC(=O)N1CCN(C[C@@H](Oc2cc(C)c(C(=O)Nc3ncc(OC)cc3C)cc2C(=O)NCC)c2ccc(C)c(F)c2)C[C@H]1C. The summed E-state index contributed by atoms with van der Waals surface area (Å²) in [5, 5.41) is 5.63. The molecule has 2 atom stereocenters. The Kier molecular flexibility index (Phi) is 11.1. The molecule has 3 amide bonds. The van der Waals surface area contributed by atoms with E-state index in [2.05, 4.69) is 27.1 Å². The molecule has 1 fully saturated rings. The lowest BCUT2D eigenvalue weighted by Crippen LogP contribution is -2.54.